The lowest BCUT2D eigenvalue weighted by Crippen LogP contribution is -2.56. The Balaban J connectivity index is 1.70. The van der Waals surface area contributed by atoms with Gasteiger partial charge < -0.3 is 18.9 Å². The molecule has 2 aromatic rings. The van der Waals surface area contributed by atoms with Crippen molar-refractivity contribution in [3.63, 3.8) is 0 Å². The maximum Gasteiger partial charge on any atom is 0.573 e. The van der Waals surface area contributed by atoms with Gasteiger partial charge in [-0.15, -0.1) is 13.2 Å². The molecule has 4 rings (SSSR count). The number of methoxy groups -OCH3 is 2. The molecule has 36 heavy (non-hydrogen) atoms. The molecule has 1 aliphatic heterocycles. The van der Waals surface area contributed by atoms with Crippen LogP contribution in [0.1, 0.15) is 11.1 Å². The van der Waals surface area contributed by atoms with Crippen LogP contribution < -0.4 is 9.64 Å². The number of carbonyl (C=O) groups is 3. The predicted octanol–water partition coefficient (Wildman–Crippen LogP) is 4.09. The van der Waals surface area contributed by atoms with Gasteiger partial charge in [0.1, 0.15) is 18.2 Å². The summed E-state index contributed by atoms with van der Waals surface area (Å²) in [6.45, 7) is -0.554. The molecule has 0 fully saturated rings. The Kier molecular flexibility index (Phi) is 6.54. The third-order valence-electron chi connectivity index (χ3n) is 5.41. The summed E-state index contributed by atoms with van der Waals surface area (Å²) in [5, 5.41) is 5.48. The zero-order valence-electron chi connectivity index (χ0n) is 18.7. The highest BCUT2D eigenvalue weighted by Crippen LogP contribution is 2.39. The van der Waals surface area contributed by atoms with E-state index in [1.807, 2.05) is 0 Å². The van der Waals surface area contributed by atoms with Crippen molar-refractivity contribution in [2.45, 2.75) is 18.4 Å². The number of nitrogens with zero attached hydrogens (tertiary/aromatic N) is 3. The second-order valence-corrected chi connectivity index (χ2v) is 7.98. The van der Waals surface area contributed by atoms with Gasteiger partial charge in [-0.05, 0) is 42.0 Å². The van der Waals surface area contributed by atoms with E-state index < -0.39 is 42.5 Å². The molecule has 0 unspecified atom stereocenters. The Labute approximate surface area is 206 Å². The summed E-state index contributed by atoms with van der Waals surface area (Å²) in [5.41, 5.74) is -0.582. The fourth-order valence-corrected chi connectivity index (χ4v) is 4.07. The number of urea groups is 1. The Morgan fingerprint density at radius 2 is 1.81 bits per heavy atom. The summed E-state index contributed by atoms with van der Waals surface area (Å²) in [6.07, 6.45) is -6.01. The highest BCUT2D eigenvalue weighted by Gasteiger charge is 2.55. The number of imide groups is 1. The van der Waals surface area contributed by atoms with Crippen molar-refractivity contribution in [1.29, 1.82) is 0 Å². The molecule has 0 spiro atoms. The quantitative estimate of drug-likeness (QED) is 0.553. The molecule has 2 aliphatic rings. The van der Waals surface area contributed by atoms with Crippen molar-refractivity contribution in [3.8, 4) is 5.75 Å². The standard InChI is InChI=1S/C22H17ClF3N3O7/c1-33-18(30)21-10-12-9-13(23)3-8-16(12)17(21)27-28(11-35-21)19(31)29(20(32)34-2)14-4-6-15(7-5-14)36-22(24,25)26/h3-9H,10-11H2,1-2H3/t21-/m0/s1. The van der Waals surface area contributed by atoms with Gasteiger partial charge in [0, 0.05) is 17.0 Å². The number of ether oxygens (including phenoxy) is 4. The number of carbonyl (C=O) groups excluding carboxylic acids is 3. The van der Waals surface area contributed by atoms with Crippen LogP contribution >= 0.6 is 11.6 Å². The minimum absolute atomic E-state index is 0.0534. The number of alkyl halides is 3. The van der Waals surface area contributed by atoms with Crippen molar-refractivity contribution in [2.75, 3.05) is 25.9 Å². The largest absolute Gasteiger partial charge is 0.573 e. The van der Waals surface area contributed by atoms with Crippen LogP contribution in [-0.2, 0) is 25.4 Å². The van der Waals surface area contributed by atoms with Crippen LogP contribution in [0.15, 0.2) is 47.6 Å². The number of hydrogen-bond acceptors (Lipinski definition) is 8. The number of benzene rings is 2. The van der Waals surface area contributed by atoms with Gasteiger partial charge >= 0.3 is 24.5 Å². The Morgan fingerprint density at radius 3 is 2.42 bits per heavy atom. The van der Waals surface area contributed by atoms with E-state index in [1.54, 1.807) is 18.2 Å². The first-order valence-electron chi connectivity index (χ1n) is 10.1. The van der Waals surface area contributed by atoms with Gasteiger partial charge in [-0.3, -0.25) is 0 Å². The maximum atomic E-state index is 13.3. The maximum absolute atomic E-state index is 13.3. The second kappa shape index (κ2) is 9.32. The van der Waals surface area contributed by atoms with Crippen LogP contribution in [0.4, 0.5) is 28.4 Å². The Morgan fingerprint density at radius 1 is 1.11 bits per heavy atom. The van der Waals surface area contributed by atoms with E-state index in [4.69, 9.17) is 21.1 Å². The lowest BCUT2D eigenvalue weighted by molar-refractivity contribution is -0.274. The molecule has 0 aromatic heterocycles. The molecule has 0 N–H and O–H groups in total. The molecule has 3 amide bonds. The molecule has 1 atom stereocenters. The van der Waals surface area contributed by atoms with Crippen LogP contribution in [0, 0.1) is 0 Å². The number of esters is 1. The van der Waals surface area contributed by atoms with Gasteiger partial charge in [0.15, 0.2) is 0 Å². The summed E-state index contributed by atoms with van der Waals surface area (Å²) in [7, 11) is 2.19. The highest BCUT2D eigenvalue weighted by atomic mass is 35.5. The summed E-state index contributed by atoms with van der Waals surface area (Å²) in [5.74, 6) is -1.31. The molecule has 2 aromatic carbocycles. The first-order valence-corrected chi connectivity index (χ1v) is 10.5. The van der Waals surface area contributed by atoms with E-state index in [2.05, 4.69) is 14.6 Å². The number of halogens is 4. The molecular formula is C22H17ClF3N3O7. The Bertz CT molecular complexity index is 1250. The molecular weight excluding hydrogens is 511 g/mol. The Hall–Kier alpha value is -3.84. The molecule has 10 nitrogen and oxygen atoms in total. The number of anilines is 1. The molecule has 14 heteroatoms. The normalized spacial score (nSPS) is 18.5. The number of hydrazone groups is 1. The molecule has 0 saturated heterocycles. The molecule has 1 aliphatic carbocycles. The van der Waals surface area contributed by atoms with E-state index in [-0.39, 0.29) is 17.8 Å². The summed E-state index contributed by atoms with van der Waals surface area (Å²) in [4.78, 5) is 39.0. The minimum Gasteiger partial charge on any atom is -0.467 e. The fourth-order valence-electron chi connectivity index (χ4n) is 3.87. The summed E-state index contributed by atoms with van der Waals surface area (Å²) < 4.78 is 56.6. The van der Waals surface area contributed by atoms with E-state index in [0.29, 0.717) is 21.0 Å². The number of hydrogen-bond donors (Lipinski definition) is 0. The third kappa shape index (κ3) is 4.54. The van der Waals surface area contributed by atoms with Gasteiger partial charge in [-0.2, -0.15) is 15.0 Å². The van der Waals surface area contributed by atoms with E-state index in [9.17, 15) is 27.6 Å². The number of amides is 3. The van der Waals surface area contributed by atoms with Crippen LogP contribution in [0.3, 0.4) is 0 Å². The van der Waals surface area contributed by atoms with Gasteiger partial charge in [0.2, 0.25) is 5.60 Å². The molecule has 190 valence electrons. The van der Waals surface area contributed by atoms with Crippen LogP contribution in [0.5, 0.6) is 5.75 Å². The zero-order valence-corrected chi connectivity index (χ0v) is 19.4. The van der Waals surface area contributed by atoms with Crippen molar-refractivity contribution < 1.29 is 46.5 Å². The smallest absolute Gasteiger partial charge is 0.467 e. The van der Waals surface area contributed by atoms with Crippen molar-refractivity contribution in [2.24, 2.45) is 5.10 Å². The first kappa shape index (κ1) is 25.3. The van der Waals surface area contributed by atoms with Crippen molar-refractivity contribution in [1.82, 2.24) is 5.01 Å². The van der Waals surface area contributed by atoms with E-state index in [1.165, 1.54) is 7.11 Å². The zero-order chi connectivity index (χ0) is 26.3. The van der Waals surface area contributed by atoms with Crippen LogP contribution in [0.2, 0.25) is 5.02 Å². The van der Waals surface area contributed by atoms with E-state index in [0.717, 1.165) is 36.4 Å². The monoisotopic (exact) mass is 527 g/mol. The summed E-state index contributed by atoms with van der Waals surface area (Å²) >= 11 is 6.07. The summed E-state index contributed by atoms with van der Waals surface area (Å²) in [6, 6.07) is 7.70. The fraction of sp³-hybridized carbons (Fsp3) is 0.273. The molecule has 0 saturated carbocycles. The lowest BCUT2D eigenvalue weighted by atomic mass is 9.97. The third-order valence-corrected chi connectivity index (χ3v) is 5.65. The number of fused-ring (bicyclic) bond motifs is 3. The van der Waals surface area contributed by atoms with Crippen molar-refractivity contribution >= 4 is 41.1 Å². The topological polar surface area (TPSA) is 107 Å². The predicted molar refractivity (Wildman–Crippen MR) is 118 cm³/mol. The second-order valence-electron chi connectivity index (χ2n) is 7.55. The first-order chi connectivity index (χ1) is 17.0. The van der Waals surface area contributed by atoms with Gasteiger partial charge in [0.25, 0.3) is 0 Å². The molecule has 0 bridgehead atoms. The average molecular weight is 528 g/mol. The lowest BCUT2D eigenvalue weighted by Gasteiger charge is -2.35. The molecule has 0 radical (unpaired) electrons. The van der Waals surface area contributed by atoms with E-state index >= 15 is 0 Å². The SMILES string of the molecule is COC(=O)N(C(=O)N1CO[C@@]2(C(=O)OC)Cc3cc(Cl)ccc3C2=N1)c1ccc(OC(F)(F)F)cc1. The number of rotatable bonds is 3. The van der Waals surface area contributed by atoms with Gasteiger partial charge in [-0.25, -0.2) is 14.4 Å². The van der Waals surface area contributed by atoms with Crippen LogP contribution in [-0.4, -0.2) is 61.7 Å². The highest BCUT2D eigenvalue weighted by molar-refractivity contribution is 6.31. The van der Waals surface area contributed by atoms with Gasteiger partial charge in [-0.1, -0.05) is 17.7 Å². The average Bonchev–Trinajstić information content (AvgIpc) is 3.17. The minimum atomic E-state index is -4.92. The van der Waals surface area contributed by atoms with Crippen molar-refractivity contribution in [3.05, 3.63) is 58.6 Å². The molecule has 1 heterocycles. The van der Waals surface area contributed by atoms with Crippen LogP contribution in [0.25, 0.3) is 0 Å². The van der Waals surface area contributed by atoms with Gasteiger partial charge in [0.05, 0.1) is 19.9 Å².